The Kier molecular flexibility index (Phi) is 6.03. The lowest BCUT2D eigenvalue weighted by Gasteiger charge is -2.32. The van der Waals surface area contributed by atoms with Gasteiger partial charge >= 0.3 is 0 Å². The first-order valence-electron chi connectivity index (χ1n) is 10.3. The summed E-state index contributed by atoms with van der Waals surface area (Å²) in [5, 5.41) is 4.15. The van der Waals surface area contributed by atoms with Gasteiger partial charge in [0, 0.05) is 37.8 Å². The molecule has 3 aromatic rings. The molecule has 4 rings (SSSR count). The minimum Gasteiger partial charge on any atom is -0.495 e. The van der Waals surface area contributed by atoms with Crippen LogP contribution >= 0.6 is 11.5 Å². The Morgan fingerprint density at radius 3 is 2.83 bits per heavy atom. The fraction of sp³-hybridized carbons (Fsp3) is 0.409. The van der Waals surface area contributed by atoms with Gasteiger partial charge in [-0.25, -0.2) is 0 Å². The molecule has 3 N–H and O–H groups in total. The number of nitrogens with zero attached hydrogens (tertiary/aromatic N) is 3. The summed E-state index contributed by atoms with van der Waals surface area (Å²) in [7, 11) is 1.62. The number of rotatable bonds is 6. The number of carbonyl (C=O) groups is 1. The second kappa shape index (κ2) is 8.87. The van der Waals surface area contributed by atoms with Crippen LogP contribution in [0.3, 0.4) is 0 Å². The number of nitrogen functional groups attached to an aromatic ring is 1. The van der Waals surface area contributed by atoms with E-state index < -0.39 is 0 Å². The number of nitrogens with two attached hydrogens (primary N) is 1. The van der Waals surface area contributed by atoms with Crippen LogP contribution in [0, 0.1) is 5.92 Å². The third-order valence-corrected chi connectivity index (χ3v) is 6.59. The SMILES string of the molecule is CCC(=O)NCC1CCN(c2snc3cc(-c4ccc(N)c(OC)c4)cnc23)CC1. The number of pyridine rings is 1. The van der Waals surface area contributed by atoms with Gasteiger partial charge in [-0.15, -0.1) is 0 Å². The molecular weight excluding hydrogens is 398 g/mol. The van der Waals surface area contributed by atoms with Gasteiger partial charge in [0.2, 0.25) is 5.91 Å². The lowest BCUT2D eigenvalue weighted by atomic mass is 9.97. The molecular formula is C22H27N5O2S. The number of nitrogens with one attached hydrogen (secondary N) is 1. The van der Waals surface area contributed by atoms with Crippen molar-refractivity contribution in [1.29, 1.82) is 0 Å². The monoisotopic (exact) mass is 425 g/mol. The van der Waals surface area contributed by atoms with Crippen LogP contribution in [-0.2, 0) is 4.79 Å². The number of aromatic nitrogens is 2. The number of hydrogen-bond donors (Lipinski definition) is 2. The number of ether oxygens (including phenoxy) is 1. The Labute approximate surface area is 180 Å². The highest BCUT2D eigenvalue weighted by Crippen LogP contribution is 2.35. The minimum atomic E-state index is 0.129. The van der Waals surface area contributed by atoms with E-state index in [0.717, 1.165) is 59.6 Å². The Hall–Kier alpha value is -2.87. The second-order valence-electron chi connectivity index (χ2n) is 7.62. The van der Waals surface area contributed by atoms with Gasteiger partial charge in [0.15, 0.2) is 0 Å². The first-order valence-corrected chi connectivity index (χ1v) is 11.1. The number of piperidine rings is 1. The number of carbonyl (C=O) groups excluding carboxylic acids is 1. The van der Waals surface area contributed by atoms with E-state index in [1.165, 1.54) is 11.5 Å². The van der Waals surface area contributed by atoms with Gasteiger partial charge in [0.25, 0.3) is 0 Å². The molecule has 8 heteroatoms. The van der Waals surface area contributed by atoms with Crippen LogP contribution in [0.4, 0.5) is 10.7 Å². The van der Waals surface area contributed by atoms with E-state index in [1.54, 1.807) is 7.11 Å². The molecule has 1 saturated heterocycles. The molecule has 0 aliphatic carbocycles. The number of benzene rings is 1. The Bertz CT molecular complexity index is 1040. The van der Waals surface area contributed by atoms with Gasteiger partial charge in [-0.05, 0) is 54.1 Å². The van der Waals surface area contributed by atoms with E-state index in [-0.39, 0.29) is 5.91 Å². The Morgan fingerprint density at radius 2 is 2.10 bits per heavy atom. The molecule has 0 spiro atoms. The number of hydrogen-bond acceptors (Lipinski definition) is 7. The zero-order valence-corrected chi connectivity index (χ0v) is 18.2. The van der Waals surface area contributed by atoms with E-state index >= 15 is 0 Å². The molecule has 3 heterocycles. The van der Waals surface area contributed by atoms with Gasteiger partial charge in [-0.2, -0.15) is 4.37 Å². The fourth-order valence-electron chi connectivity index (χ4n) is 3.80. The highest BCUT2D eigenvalue weighted by atomic mass is 32.1. The van der Waals surface area contributed by atoms with E-state index in [9.17, 15) is 4.79 Å². The average molecular weight is 426 g/mol. The maximum absolute atomic E-state index is 11.5. The van der Waals surface area contributed by atoms with Crippen LogP contribution in [0.1, 0.15) is 26.2 Å². The first kappa shape index (κ1) is 20.4. The third-order valence-electron chi connectivity index (χ3n) is 5.68. The first-order chi connectivity index (χ1) is 14.6. The lowest BCUT2D eigenvalue weighted by molar-refractivity contribution is -0.120. The summed E-state index contributed by atoms with van der Waals surface area (Å²) in [4.78, 5) is 18.6. The zero-order valence-electron chi connectivity index (χ0n) is 17.4. The summed E-state index contributed by atoms with van der Waals surface area (Å²) < 4.78 is 9.99. The Balaban J connectivity index is 1.48. The van der Waals surface area contributed by atoms with Crippen LogP contribution in [-0.4, -0.2) is 42.0 Å². The fourth-order valence-corrected chi connectivity index (χ4v) is 4.67. The third kappa shape index (κ3) is 4.18. The normalized spacial score (nSPS) is 14.8. The van der Waals surface area contributed by atoms with Gasteiger partial charge in [0.1, 0.15) is 21.8 Å². The van der Waals surface area contributed by atoms with Crippen molar-refractivity contribution in [3.63, 3.8) is 0 Å². The largest absolute Gasteiger partial charge is 0.495 e. The van der Waals surface area contributed by atoms with E-state index in [4.69, 9.17) is 15.5 Å². The van der Waals surface area contributed by atoms with Crippen molar-refractivity contribution in [2.45, 2.75) is 26.2 Å². The van der Waals surface area contributed by atoms with E-state index in [2.05, 4.69) is 20.7 Å². The van der Waals surface area contributed by atoms with Crippen molar-refractivity contribution in [1.82, 2.24) is 14.7 Å². The van der Waals surface area contributed by atoms with Crippen molar-refractivity contribution in [3.05, 3.63) is 30.5 Å². The molecule has 1 amide bonds. The summed E-state index contributed by atoms with van der Waals surface area (Å²) in [6, 6.07) is 7.81. The predicted molar refractivity (Wildman–Crippen MR) is 122 cm³/mol. The molecule has 0 atom stereocenters. The van der Waals surface area contributed by atoms with Crippen molar-refractivity contribution in [2.24, 2.45) is 5.92 Å². The molecule has 1 aliphatic rings. The van der Waals surface area contributed by atoms with E-state index in [1.807, 2.05) is 31.3 Å². The summed E-state index contributed by atoms with van der Waals surface area (Å²) in [5.41, 5.74) is 10.4. The van der Waals surface area contributed by atoms with Crippen molar-refractivity contribution < 1.29 is 9.53 Å². The van der Waals surface area contributed by atoms with Gasteiger partial charge in [-0.1, -0.05) is 13.0 Å². The smallest absolute Gasteiger partial charge is 0.219 e. The molecule has 0 bridgehead atoms. The number of amides is 1. The quantitative estimate of drug-likeness (QED) is 0.585. The van der Waals surface area contributed by atoms with Crippen LogP contribution in [0.2, 0.25) is 0 Å². The Morgan fingerprint density at radius 1 is 1.30 bits per heavy atom. The molecule has 1 fully saturated rings. The summed E-state index contributed by atoms with van der Waals surface area (Å²) in [6.07, 6.45) is 4.56. The maximum Gasteiger partial charge on any atom is 0.219 e. The molecule has 0 radical (unpaired) electrons. The van der Waals surface area contributed by atoms with E-state index in [0.29, 0.717) is 23.8 Å². The number of fused-ring (bicyclic) bond motifs is 1. The summed E-state index contributed by atoms with van der Waals surface area (Å²) in [6.45, 7) is 4.58. The number of anilines is 2. The highest BCUT2D eigenvalue weighted by Gasteiger charge is 2.23. The van der Waals surface area contributed by atoms with Crippen LogP contribution in [0.25, 0.3) is 22.2 Å². The summed E-state index contributed by atoms with van der Waals surface area (Å²) >= 11 is 1.51. The minimum absolute atomic E-state index is 0.129. The molecule has 7 nitrogen and oxygen atoms in total. The summed E-state index contributed by atoms with van der Waals surface area (Å²) in [5.74, 6) is 1.32. The predicted octanol–water partition coefficient (Wildman–Crippen LogP) is 3.69. The second-order valence-corrected chi connectivity index (χ2v) is 8.38. The molecule has 0 saturated carbocycles. The highest BCUT2D eigenvalue weighted by molar-refractivity contribution is 7.11. The maximum atomic E-state index is 11.5. The molecule has 158 valence electrons. The molecule has 0 unspecified atom stereocenters. The van der Waals surface area contributed by atoms with Crippen LogP contribution in [0.5, 0.6) is 5.75 Å². The van der Waals surface area contributed by atoms with Gasteiger partial charge < -0.3 is 20.7 Å². The lowest BCUT2D eigenvalue weighted by Crippen LogP contribution is -2.38. The zero-order chi connectivity index (χ0) is 21.1. The van der Waals surface area contributed by atoms with Gasteiger partial charge in [-0.3, -0.25) is 9.78 Å². The van der Waals surface area contributed by atoms with Crippen LogP contribution < -0.4 is 20.7 Å². The molecule has 30 heavy (non-hydrogen) atoms. The van der Waals surface area contributed by atoms with Crippen LogP contribution in [0.15, 0.2) is 30.5 Å². The molecule has 2 aromatic heterocycles. The number of methoxy groups -OCH3 is 1. The van der Waals surface area contributed by atoms with Crippen molar-refractivity contribution in [3.8, 4) is 16.9 Å². The van der Waals surface area contributed by atoms with Crippen molar-refractivity contribution in [2.75, 3.05) is 37.4 Å². The molecule has 1 aliphatic heterocycles. The van der Waals surface area contributed by atoms with Crippen molar-refractivity contribution >= 4 is 39.2 Å². The van der Waals surface area contributed by atoms with Gasteiger partial charge in [0.05, 0.1) is 12.8 Å². The molecule has 1 aromatic carbocycles. The standard InChI is InChI=1S/C22H27N5O2S/c1-3-20(28)24-12-14-6-8-27(9-7-14)22-21-18(26-30-22)10-16(13-25-21)15-4-5-17(23)19(11-15)29-2/h4-5,10-11,13-14H,3,6-9,12,23H2,1-2H3,(H,24,28). The topological polar surface area (TPSA) is 93.4 Å². The average Bonchev–Trinajstić information content (AvgIpc) is 3.21.